The molecular weight excluding hydrogens is 239 g/mol. The lowest BCUT2D eigenvalue weighted by Gasteiger charge is -2.01. The summed E-state index contributed by atoms with van der Waals surface area (Å²) in [5.74, 6) is -0.503. The fourth-order valence-electron chi connectivity index (χ4n) is 1.47. The van der Waals surface area contributed by atoms with E-state index < -0.39 is 5.82 Å². The third-order valence-electron chi connectivity index (χ3n) is 2.26. The molecule has 0 saturated carbocycles. The highest BCUT2D eigenvalue weighted by molar-refractivity contribution is 6.30. The van der Waals surface area contributed by atoms with Crippen molar-refractivity contribution in [2.45, 2.75) is 0 Å². The first-order valence-electron chi connectivity index (χ1n) is 4.91. The molecule has 0 bridgehead atoms. The first-order chi connectivity index (χ1) is 8.20. The van der Waals surface area contributed by atoms with Gasteiger partial charge in [0.15, 0.2) is 0 Å². The van der Waals surface area contributed by atoms with Gasteiger partial charge in [0.25, 0.3) is 0 Å². The molecule has 1 heterocycles. The molecule has 2 nitrogen and oxygen atoms in total. The highest BCUT2D eigenvalue weighted by Gasteiger charge is 2.08. The van der Waals surface area contributed by atoms with Gasteiger partial charge >= 0.3 is 0 Å². The molecule has 0 fully saturated rings. The van der Waals surface area contributed by atoms with E-state index in [4.69, 9.17) is 16.9 Å². The quantitative estimate of drug-likeness (QED) is 0.803. The summed E-state index contributed by atoms with van der Waals surface area (Å²) in [4.78, 5) is 2.93. The molecule has 0 saturated heterocycles. The fourth-order valence-corrected chi connectivity index (χ4v) is 1.63. The second-order valence-corrected chi connectivity index (χ2v) is 3.86. The molecule has 2 aromatic rings. The summed E-state index contributed by atoms with van der Waals surface area (Å²) in [6.07, 6.45) is 3.32. The Bertz CT molecular complexity index is 594. The maximum atomic E-state index is 13.6. The van der Waals surface area contributed by atoms with E-state index in [2.05, 4.69) is 4.98 Å². The predicted octanol–water partition coefficient (Wildman–Crippen LogP) is 3.87. The number of nitrogens with one attached hydrogen (secondary N) is 1. The van der Waals surface area contributed by atoms with Crippen LogP contribution in [0.25, 0.3) is 11.6 Å². The summed E-state index contributed by atoms with van der Waals surface area (Å²) >= 11 is 5.66. The van der Waals surface area contributed by atoms with E-state index in [9.17, 15) is 4.39 Å². The van der Waals surface area contributed by atoms with Crippen LogP contribution in [0.4, 0.5) is 4.39 Å². The second kappa shape index (κ2) is 4.86. The van der Waals surface area contributed by atoms with Crippen LogP contribution < -0.4 is 0 Å². The average Bonchev–Trinajstić information content (AvgIpc) is 2.79. The molecule has 0 unspecified atom stereocenters. The lowest BCUT2D eigenvalue weighted by molar-refractivity contribution is 0.624. The second-order valence-electron chi connectivity index (χ2n) is 3.42. The average molecular weight is 247 g/mol. The Morgan fingerprint density at radius 1 is 1.41 bits per heavy atom. The van der Waals surface area contributed by atoms with Crippen LogP contribution in [0.3, 0.4) is 0 Å². The Morgan fingerprint density at radius 2 is 2.24 bits per heavy atom. The third-order valence-corrected chi connectivity index (χ3v) is 2.50. The van der Waals surface area contributed by atoms with Gasteiger partial charge < -0.3 is 4.98 Å². The van der Waals surface area contributed by atoms with E-state index in [1.165, 1.54) is 12.1 Å². The van der Waals surface area contributed by atoms with E-state index in [0.717, 1.165) is 5.69 Å². The van der Waals surface area contributed by atoms with Crippen LogP contribution in [0.5, 0.6) is 0 Å². The van der Waals surface area contributed by atoms with Crippen molar-refractivity contribution in [1.29, 1.82) is 5.26 Å². The Hall–Kier alpha value is -2.05. The zero-order chi connectivity index (χ0) is 12.3. The minimum atomic E-state index is -0.503. The Balaban J connectivity index is 2.47. The molecule has 2 rings (SSSR count). The summed E-state index contributed by atoms with van der Waals surface area (Å²) in [5.41, 5.74) is 1.24. The molecule has 0 aliphatic carbocycles. The minimum Gasteiger partial charge on any atom is -0.362 e. The SMILES string of the molecule is N#C/C(=C\c1ccc[nH]1)c1ccc(Cl)cc1F. The van der Waals surface area contributed by atoms with Crippen molar-refractivity contribution in [1.82, 2.24) is 4.98 Å². The molecule has 0 spiro atoms. The lowest BCUT2D eigenvalue weighted by Crippen LogP contribution is -1.88. The maximum Gasteiger partial charge on any atom is 0.133 e. The summed E-state index contributed by atoms with van der Waals surface area (Å²) in [6, 6.07) is 9.82. The smallest absolute Gasteiger partial charge is 0.133 e. The van der Waals surface area contributed by atoms with Crippen molar-refractivity contribution in [3.8, 4) is 6.07 Å². The van der Waals surface area contributed by atoms with Crippen molar-refractivity contribution in [2.75, 3.05) is 0 Å². The van der Waals surface area contributed by atoms with Crippen LogP contribution in [0.15, 0.2) is 36.5 Å². The van der Waals surface area contributed by atoms with E-state index >= 15 is 0 Å². The Kier molecular flexibility index (Phi) is 3.27. The first-order valence-corrected chi connectivity index (χ1v) is 5.29. The van der Waals surface area contributed by atoms with Crippen LogP contribution in [-0.4, -0.2) is 4.98 Å². The number of hydrogen-bond acceptors (Lipinski definition) is 1. The van der Waals surface area contributed by atoms with Gasteiger partial charge in [0.2, 0.25) is 0 Å². The van der Waals surface area contributed by atoms with Gasteiger partial charge in [-0.05, 0) is 36.4 Å². The molecule has 0 aliphatic rings. The van der Waals surface area contributed by atoms with E-state index in [0.29, 0.717) is 5.02 Å². The fraction of sp³-hybridized carbons (Fsp3) is 0. The zero-order valence-corrected chi connectivity index (χ0v) is 9.50. The molecule has 0 amide bonds. The van der Waals surface area contributed by atoms with Crippen molar-refractivity contribution in [2.24, 2.45) is 0 Å². The normalized spacial score (nSPS) is 11.2. The molecule has 84 valence electrons. The number of benzene rings is 1. The van der Waals surface area contributed by atoms with Crippen molar-refractivity contribution >= 4 is 23.3 Å². The molecule has 0 atom stereocenters. The Labute approximate surface area is 103 Å². The van der Waals surface area contributed by atoms with Gasteiger partial charge in [-0.15, -0.1) is 0 Å². The van der Waals surface area contributed by atoms with Crippen LogP contribution in [0.1, 0.15) is 11.3 Å². The molecule has 4 heteroatoms. The zero-order valence-electron chi connectivity index (χ0n) is 8.74. The highest BCUT2D eigenvalue weighted by Crippen LogP contribution is 2.22. The highest BCUT2D eigenvalue weighted by atomic mass is 35.5. The van der Waals surface area contributed by atoms with E-state index in [1.54, 1.807) is 30.5 Å². The molecule has 1 aromatic heterocycles. The standard InChI is InChI=1S/C13H8ClFN2/c14-10-3-4-12(13(15)7-10)9(8-16)6-11-2-1-5-17-11/h1-7,17H/b9-6+. The van der Waals surface area contributed by atoms with Crippen LogP contribution in [0, 0.1) is 17.1 Å². The van der Waals surface area contributed by atoms with E-state index in [-0.39, 0.29) is 11.1 Å². The minimum absolute atomic E-state index is 0.242. The number of H-pyrrole nitrogens is 1. The molecule has 1 aromatic carbocycles. The van der Waals surface area contributed by atoms with Crippen molar-refractivity contribution in [3.05, 3.63) is 58.6 Å². The number of rotatable bonds is 2. The number of aromatic nitrogens is 1. The van der Waals surface area contributed by atoms with E-state index in [1.807, 2.05) is 6.07 Å². The van der Waals surface area contributed by atoms with Crippen LogP contribution in [0.2, 0.25) is 5.02 Å². The van der Waals surface area contributed by atoms with Gasteiger partial charge in [-0.25, -0.2) is 4.39 Å². The van der Waals surface area contributed by atoms with Gasteiger partial charge in [0.1, 0.15) is 5.82 Å². The number of halogens is 2. The lowest BCUT2D eigenvalue weighted by atomic mass is 10.1. The number of aromatic amines is 1. The van der Waals surface area contributed by atoms with Crippen molar-refractivity contribution in [3.63, 3.8) is 0 Å². The first kappa shape index (κ1) is 11.4. The number of allylic oxidation sites excluding steroid dienone is 1. The van der Waals surface area contributed by atoms with Gasteiger partial charge in [0.05, 0.1) is 11.6 Å². The summed E-state index contributed by atoms with van der Waals surface area (Å²) in [5, 5.41) is 9.35. The summed E-state index contributed by atoms with van der Waals surface area (Å²) in [6.45, 7) is 0. The van der Waals surface area contributed by atoms with Crippen LogP contribution >= 0.6 is 11.6 Å². The molecular formula is C13H8ClFN2. The molecule has 17 heavy (non-hydrogen) atoms. The molecule has 1 N–H and O–H groups in total. The number of hydrogen-bond donors (Lipinski definition) is 1. The summed E-state index contributed by atoms with van der Waals surface area (Å²) < 4.78 is 13.6. The molecule has 0 radical (unpaired) electrons. The largest absolute Gasteiger partial charge is 0.362 e. The predicted molar refractivity (Wildman–Crippen MR) is 65.7 cm³/mol. The monoisotopic (exact) mass is 246 g/mol. The van der Waals surface area contributed by atoms with Gasteiger partial charge in [-0.3, -0.25) is 0 Å². The number of nitrogens with zero attached hydrogens (tertiary/aromatic N) is 1. The Morgan fingerprint density at radius 3 is 2.82 bits per heavy atom. The summed E-state index contributed by atoms with van der Waals surface area (Å²) in [7, 11) is 0. The van der Waals surface area contributed by atoms with Crippen molar-refractivity contribution < 1.29 is 4.39 Å². The molecule has 0 aliphatic heterocycles. The van der Waals surface area contributed by atoms with Gasteiger partial charge in [0, 0.05) is 22.5 Å². The van der Waals surface area contributed by atoms with Gasteiger partial charge in [-0.1, -0.05) is 11.6 Å². The van der Waals surface area contributed by atoms with Crippen LogP contribution in [-0.2, 0) is 0 Å². The maximum absolute atomic E-state index is 13.6. The number of nitriles is 1. The third kappa shape index (κ3) is 2.55. The van der Waals surface area contributed by atoms with Gasteiger partial charge in [-0.2, -0.15) is 5.26 Å². The topological polar surface area (TPSA) is 39.6 Å².